The minimum atomic E-state index is 0.0380. The van der Waals surface area contributed by atoms with Gasteiger partial charge in [-0.25, -0.2) is 0 Å². The summed E-state index contributed by atoms with van der Waals surface area (Å²) in [5.41, 5.74) is 5.37. The van der Waals surface area contributed by atoms with Crippen LogP contribution in [0.1, 0.15) is 50.7 Å². The zero-order valence-electron chi connectivity index (χ0n) is 12.9. The Morgan fingerprint density at radius 3 is 2.38 bits per heavy atom. The zero-order chi connectivity index (χ0) is 15.1. The first-order chi connectivity index (χ1) is 9.97. The molecule has 0 aromatic heterocycles. The fraction of sp³-hybridized carbons (Fsp3) is 0.316. The van der Waals surface area contributed by atoms with Gasteiger partial charge in [0.05, 0.1) is 6.26 Å². The van der Waals surface area contributed by atoms with E-state index in [9.17, 15) is 4.79 Å². The third kappa shape index (κ3) is 2.35. The molecule has 0 atom stereocenters. The molecule has 1 aliphatic carbocycles. The van der Waals surface area contributed by atoms with Crippen molar-refractivity contribution in [1.29, 1.82) is 0 Å². The lowest BCUT2D eigenvalue weighted by atomic mass is 9.90. The van der Waals surface area contributed by atoms with Crippen LogP contribution in [0.4, 0.5) is 0 Å². The monoisotopic (exact) mass is 280 g/mol. The molecule has 0 amide bonds. The summed E-state index contributed by atoms with van der Waals surface area (Å²) < 4.78 is 5.89. The van der Waals surface area contributed by atoms with Gasteiger partial charge in [-0.1, -0.05) is 33.8 Å². The maximum Gasteiger partial charge on any atom is 0.179 e. The van der Waals surface area contributed by atoms with Crippen LogP contribution in [0.5, 0.6) is 0 Å². The molecule has 1 aromatic carbocycles. The van der Waals surface area contributed by atoms with Crippen molar-refractivity contribution in [3.05, 3.63) is 57.9 Å². The first-order valence-corrected chi connectivity index (χ1v) is 7.46. The van der Waals surface area contributed by atoms with Crippen LogP contribution in [0.2, 0.25) is 0 Å². The zero-order valence-corrected chi connectivity index (χ0v) is 12.9. The van der Waals surface area contributed by atoms with Crippen LogP contribution in [0.15, 0.2) is 45.8 Å². The van der Waals surface area contributed by atoms with Gasteiger partial charge in [-0.2, -0.15) is 0 Å². The Balaban J connectivity index is 2.48. The fourth-order valence-corrected chi connectivity index (χ4v) is 2.76. The van der Waals surface area contributed by atoms with E-state index in [4.69, 9.17) is 4.42 Å². The maximum absolute atomic E-state index is 11.7. The number of rotatable bonds is 2. The number of benzene rings is 2. The molecule has 0 unspecified atom stereocenters. The predicted molar refractivity (Wildman–Crippen MR) is 87.3 cm³/mol. The molecule has 2 heteroatoms. The highest BCUT2D eigenvalue weighted by molar-refractivity contribution is 5.96. The van der Waals surface area contributed by atoms with Crippen LogP contribution in [0.25, 0.3) is 22.1 Å². The fourth-order valence-electron chi connectivity index (χ4n) is 2.76. The molecule has 0 saturated carbocycles. The van der Waals surface area contributed by atoms with Crippen molar-refractivity contribution in [2.45, 2.75) is 39.5 Å². The van der Waals surface area contributed by atoms with Gasteiger partial charge < -0.3 is 4.42 Å². The van der Waals surface area contributed by atoms with E-state index >= 15 is 0 Å². The molecular weight excluding hydrogens is 260 g/mol. The Morgan fingerprint density at radius 1 is 0.952 bits per heavy atom. The average Bonchev–Trinajstić information content (AvgIpc) is 2.45. The summed E-state index contributed by atoms with van der Waals surface area (Å²) in [5, 5.41) is 1.04. The second-order valence-electron chi connectivity index (χ2n) is 6.28. The standard InChI is InChI=1S/C19H20O2/c1-11(2)14-7-16(12(3)4)19-18(8-14)17-9-15(20)6-5-13(17)10-21-19/h5-12H,1-4H3. The molecule has 0 spiro atoms. The van der Waals surface area contributed by atoms with E-state index in [1.165, 1.54) is 11.1 Å². The largest absolute Gasteiger partial charge is 0.463 e. The summed E-state index contributed by atoms with van der Waals surface area (Å²) >= 11 is 0. The van der Waals surface area contributed by atoms with Crippen LogP contribution < -0.4 is 5.43 Å². The normalized spacial score (nSPS) is 11.9. The molecule has 108 valence electrons. The Labute approximate surface area is 124 Å². The van der Waals surface area contributed by atoms with Gasteiger partial charge in [0.25, 0.3) is 0 Å². The van der Waals surface area contributed by atoms with Crippen molar-refractivity contribution < 1.29 is 4.42 Å². The quantitative estimate of drug-likeness (QED) is 0.608. The Bertz CT molecular complexity index is 825. The third-order valence-corrected chi connectivity index (χ3v) is 4.05. The Morgan fingerprint density at radius 2 is 1.71 bits per heavy atom. The maximum atomic E-state index is 11.7. The summed E-state index contributed by atoms with van der Waals surface area (Å²) in [7, 11) is 0. The first kappa shape index (κ1) is 13.9. The minimum Gasteiger partial charge on any atom is -0.463 e. The molecule has 21 heavy (non-hydrogen) atoms. The molecule has 1 heterocycles. The van der Waals surface area contributed by atoms with E-state index in [0.29, 0.717) is 11.8 Å². The van der Waals surface area contributed by atoms with E-state index in [1.54, 1.807) is 18.4 Å². The van der Waals surface area contributed by atoms with Crippen LogP contribution >= 0.6 is 0 Å². The van der Waals surface area contributed by atoms with Gasteiger partial charge in [-0.15, -0.1) is 0 Å². The third-order valence-electron chi connectivity index (χ3n) is 4.05. The van der Waals surface area contributed by atoms with Gasteiger partial charge in [0.1, 0.15) is 5.58 Å². The van der Waals surface area contributed by atoms with Crippen LogP contribution in [-0.4, -0.2) is 0 Å². The van der Waals surface area contributed by atoms with Crippen molar-refractivity contribution in [3.63, 3.8) is 0 Å². The van der Waals surface area contributed by atoms with Crippen LogP contribution in [0.3, 0.4) is 0 Å². The van der Waals surface area contributed by atoms with Crippen LogP contribution in [0, 0.1) is 0 Å². The van der Waals surface area contributed by atoms with Gasteiger partial charge in [0.15, 0.2) is 5.43 Å². The summed E-state index contributed by atoms with van der Waals surface area (Å²) in [6.07, 6.45) is 1.75. The number of fused-ring (bicyclic) bond motifs is 3. The van der Waals surface area contributed by atoms with Gasteiger partial charge >= 0.3 is 0 Å². The number of hydrogen-bond acceptors (Lipinski definition) is 2. The second kappa shape index (κ2) is 5.03. The summed E-state index contributed by atoms with van der Waals surface area (Å²) in [6, 6.07) is 9.52. The van der Waals surface area contributed by atoms with Crippen molar-refractivity contribution >= 4 is 11.0 Å². The lowest BCUT2D eigenvalue weighted by Gasteiger charge is -2.17. The Kier molecular flexibility index (Phi) is 3.32. The highest BCUT2D eigenvalue weighted by atomic mass is 16.3. The molecular formula is C19H20O2. The summed E-state index contributed by atoms with van der Waals surface area (Å²) in [6.45, 7) is 8.71. The van der Waals surface area contributed by atoms with E-state index in [0.717, 1.165) is 22.1 Å². The van der Waals surface area contributed by atoms with Crippen molar-refractivity contribution in [1.82, 2.24) is 0 Å². The summed E-state index contributed by atoms with van der Waals surface area (Å²) in [5.74, 6) is 0.820. The van der Waals surface area contributed by atoms with Crippen molar-refractivity contribution in [2.24, 2.45) is 0 Å². The van der Waals surface area contributed by atoms with Crippen molar-refractivity contribution in [3.8, 4) is 11.1 Å². The molecule has 0 saturated heterocycles. The minimum absolute atomic E-state index is 0.0380. The Hall–Kier alpha value is -2.09. The molecule has 0 radical (unpaired) electrons. The van der Waals surface area contributed by atoms with Gasteiger partial charge in [0.2, 0.25) is 0 Å². The highest BCUT2D eigenvalue weighted by Gasteiger charge is 2.16. The molecule has 2 nitrogen and oxygen atoms in total. The molecule has 0 N–H and O–H groups in total. The number of hydrogen-bond donors (Lipinski definition) is 0. The molecule has 1 aromatic rings. The van der Waals surface area contributed by atoms with E-state index < -0.39 is 0 Å². The lowest BCUT2D eigenvalue weighted by Crippen LogP contribution is -2.01. The molecule has 0 bridgehead atoms. The summed E-state index contributed by atoms with van der Waals surface area (Å²) in [4.78, 5) is 11.7. The molecule has 0 fully saturated rings. The van der Waals surface area contributed by atoms with Gasteiger partial charge in [-0.05, 0) is 52.8 Å². The predicted octanol–water partition coefficient (Wildman–Crippen LogP) is 5.14. The van der Waals surface area contributed by atoms with Gasteiger partial charge in [0, 0.05) is 10.9 Å². The molecule has 1 aliphatic heterocycles. The van der Waals surface area contributed by atoms with E-state index in [-0.39, 0.29) is 5.43 Å². The SMILES string of the molecule is CC(C)c1cc(C(C)C)c2occ3ccc(=O)cc-3c2c1. The van der Waals surface area contributed by atoms with Crippen LogP contribution in [-0.2, 0) is 0 Å². The molecule has 3 rings (SSSR count). The first-order valence-electron chi connectivity index (χ1n) is 7.46. The van der Waals surface area contributed by atoms with Gasteiger partial charge in [-0.3, -0.25) is 4.79 Å². The molecule has 2 aliphatic rings. The second-order valence-corrected chi connectivity index (χ2v) is 6.28. The smallest absolute Gasteiger partial charge is 0.179 e. The highest BCUT2D eigenvalue weighted by Crippen LogP contribution is 2.36. The average molecular weight is 280 g/mol. The van der Waals surface area contributed by atoms with E-state index in [1.807, 2.05) is 6.07 Å². The lowest BCUT2D eigenvalue weighted by molar-refractivity contribution is 0.596. The van der Waals surface area contributed by atoms with Crippen molar-refractivity contribution in [2.75, 3.05) is 0 Å². The topological polar surface area (TPSA) is 30.2 Å². The van der Waals surface area contributed by atoms with E-state index in [2.05, 4.69) is 39.8 Å².